The SMILES string of the molecule is CCOc1ccccc1NC(=O)[C@H]1CC(c2ccccc2OC)=NO1. The molecule has 6 nitrogen and oxygen atoms in total. The van der Waals surface area contributed by atoms with Crippen LogP contribution in [0.5, 0.6) is 11.5 Å². The zero-order chi connectivity index (χ0) is 17.6. The summed E-state index contributed by atoms with van der Waals surface area (Å²) in [6.07, 6.45) is -0.308. The van der Waals surface area contributed by atoms with Gasteiger partial charge in [0, 0.05) is 12.0 Å². The first-order chi connectivity index (χ1) is 12.2. The van der Waals surface area contributed by atoms with Gasteiger partial charge in [0.05, 0.1) is 25.1 Å². The molecule has 6 heteroatoms. The minimum absolute atomic E-state index is 0.263. The smallest absolute Gasteiger partial charge is 0.268 e. The summed E-state index contributed by atoms with van der Waals surface area (Å²) in [5.74, 6) is 1.07. The van der Waals surface area contributed by atoms with Gasteiger partial charge >= 0.3 is 0 Å². The molecule has 2 aromatic carbocycles. The zero-order valence-electron chi connectivity index (χ0n) is 14.2. The molecule has 3 rings (SSSR count). The minimum Gasteiger partial charge on any atom is -0.496 e. The lowest BCUT2D eigenvalue weighted by Crippen LogP contribution is -2.28. The Bertz CT molecular complexity index is 788. The van der Waals surface area contributed by atoms with Crippen LogP contribution in [0.1, 0.15) is 18.9 Å². The predicted molar refractivity (Wildman–Crippen MR) is 95.3 cm³/mol. The molecule has 1 heterocycles. The number of ether oxygens (including phenoxy) is 2. The second-order valence-electron chi connectivity index (χ2n) is 5.45. The maximum Gasteiger partial charge on any atom is 0.268 e. The Morgan fingerprint density at radius 3 is 2.68 bits per heavy atom. The summed E-state index contributed by atoms with van der Waals surface area (Å²) in [5.41, 5.74) is 2.13. The summed E-state index contributed by atoms with van der Waals surface area (Å²) in [6.45, 7) is 2.42. The first-order valence-corrected chi connectivity index (χ1v) is 8.11. The van der Waals surface area contributed by atoms with E-state index in [9.17, 15) is 4.79 Å². The van der Waals surface area contributed by atoms with Gasteiger partial charge in [-0.25, -0.2) is 0 Å². The monoisotopic (exact) mass is 340 g/mol. The summed E-state index contributed by atoms with van der Waals surface area (Å²) >= 11 is 0. The van der Waals surface area contributed by atoms with Crippen molar-refractivity contribution in [1.82, 2.24) is 0 Å². The minimum atomic E-state index is -0.686. The highest BCUT2D eigenvalue weighted by Gasteiger charge is 2.30. The number of benzene rings is 2. The molecule has 1 amide bonds. The second kappa shape index (κ2) is 7.70. The van der Waals surface area contributed by atoms with E-state index in [0.717, 1.165) is 5.56 Å². The number of para-hydroxylation sites is 3. The van der Waals surface area contributed by atoms with Gasteiger partial charge in [0.2, 0.25) is 6.10 Å². The van der Waals surface area contributed by atoms with E-state index in [4.69, 9.17) is 14.3 Å². The van der Waals surface area contributed by atoms with Crippen LogP contribution in [0.25, 0.3) is 0 Å². The van der Waals surface area contributed by atoms with Gasteiger partial charge in [0.15, 0.2) is 0 Å². The molecule has 0 fully saturated rings. The fourth-order valence-electron chi connectivity index (χ4n) is 2.62. The molecular formula is C19H20N2O4. The van der Waals surface area contributed by atoms with Crippen molar-refractivity contribution in [3.8, 4) is 11.5 Å². The van der Waals surface area contributed by atoms with Gasteiger partial charge in [0.25, 0.3) is 5.91 Å². The summed E-state index contributed by atoms with van der Waals surface area (Å²) in [6, 6.07) is 14.8. The number of carbonyl (C=O) groups is 1. The third kappa shape index (κ3) is 3.74. The average molecular weight is 340 g/mol. The van der Waals surface area contributed by atoms with Gasteiger partial charge in [-0.3, -0.25) is 4.79 Å². The quantitative estimate of drug-likeness (QED) is 0.876. The fraction of sp³-hybridized carbons (Fsp3) is 0.263. The molecule has 25 heavy (non-hydrogen) atoms. The molecule has 130 valence electrons. The molecular weight excluding hydrogens is 320 g/mol. The van der Waals surface area contributed by atoms with Crippen LogP contribution in [-0.2, 0) is 9.63 Å². The first-order valence-electron chi connectivity index (χ1n) is 8.11. The lowest BCUT2D eigenvalue weighted by atomic mass is 10.0. The molecule has 1 aliphatic rings. The third-order valence-corrected chi connectivity index (χ3v) is 3.82. The van der Waals surface area contributed by atoms with Crippen LogP contribution in [0.2, 0.25) is 0 Å². The van der Waals surface area contributed by atoms with Crippen LogP contribution in [-0.4, -0.2) is 31.4 Å². The number of nitrogens with one attached hydrogen (secondary N) is 1. The van der Waals surface area contributed by atoms with Gasteiger partial charge in [-0.15, -0.1) is 0 Å². The van der Waals surface area contributed by atoms with E-state index in [1.165, 1.54) is 0 Å². The average Bonchev–Trinajstić information content (AvgIpc) is 3.13. The van der Waals surface area contributed by atoms with Crippen LogP contribution in [0.4, 0.5) is 5.69 Å². The van der Waals surface area contributed by atoms with E-state index in [0.29, 0.717) is 35.9 Å². The molecule has 1 N–H and O–H groups in total. The number of rotatable bonds is 6. The third-order valence-electron chi connectivity index (χ3n) is 3.82. The van der Waals surface area contributed by atoms with Gasteiger partial charge < -0.3 is 19.6 Å². The van der Waals surface area contributed by atoms with Crippen LogP contribution in [0.3, 0.4) is 0 Å². The van der Waals surface area contributed by atoms with Gasteiger partial charge in [-0.2, -0.15) is 0 Å². The lowest BCUT2D eigenvalue weighted by Gasteiger charge is -2.13. The fourth-order valence-corrected chi connectivity index (χ4v) is 2.62. The van der Waals surface area contributed by atoms with E-state index < -0.39 is 6.10 Å². The lowest BCUT2D eigenvalue weighted by molar-refractivity contribution is -0.125. The maximum absolute atomic E-state index is 12.5. The van der Waals surface area contributed by atoms with E-state index >= 15 is 0 Å². The number of amides is 1. The Morgan fingerprint density at radius 1 is 1.20 bits per heavy atom. The van der Waals surface area contributed by atoms with Crippen molar-refractivity contribution in [3.05, 3.63) is 54.1 Å². The highest BCUT2D eigenvalue weighted by Crippen LogP contribution is 2.27. The number of hydrogen-bond acceptors (Lipinski definition) is 5. The first kappa shape index (κ1) is 16.8. The van der Waals surface area contributed by atoms with E-state index in [1.807, 2.05) is 49.4 Å². The van der Waals surface area contributed by atoms with Crippen molar-refractivity contribution >= 4 is 17.3 Å². The maximum atomic E-state index is 12.5. The van der Waals surface area contributed by atoms with E-state index in [1.54, 1.807) is 13.2 Å². The number of methoxy groups -OCH3 is 1. The summed E-state index contributed by atoms with van der Waals surface area (Å²) in [4.78, 5) is 17.8. The van der Waals surface area contributed by atoms with Crippen LogP contribution in [0.15, 0.2) is 53.7 Å². The molecule has 0 saturated carbocycles. The van der Waals surface area contributed by atoms with E-state index in [2.05, 4.69) is 10.5 Å². The Labute approximate surface area is 146 Å². The van der Waals surface area contributed by atoms with Crippen molar-refractivity contribution in [1.29, 1.82) is 0 Å². The van der Waals surface area contributed by atoms with Crippen molar-refractivity contribution in [2.75, 3.05) is 19.0 Å². The predicted octanol–water partition coefficient (Wildman–Crippen LogP) is 3.23. The Hall–Kier alpha value is -3.02. The van der Waals surface area contributed by atoms with Gasteiger partial charge in [0.1, 0.15) is 11.5 Å². The Kier molecular flexibility index (Phi) is 5.18. The van der Waals surface area contributed by atoms with Gasteiger partial charge in [-0.1, -0.05) is 29.4 Å². The molecule has 0 aliphatic carbocycles. The standard InChI is InChI=1S/C19H20N2O4/c1-3-24-17-11-7-5-9-14(17)20-19(22)18-12-15(21-25-18)13-8-4-6-10-16(13)23-2/h4-11,18H,3,12H2,1-2H3,(H,20,22)/t18-/m1/s1. The normalized spacial score (nSPS) is 15.9. The number of nitrogens with zero attached hydrogens (tertiary/aromatic N) is 1. The summed E-state index contributed by atoms with van der Waals surface area (Å²) in [7, 11) is 1.60. The molecule has 0 saturated heterocycles. The molecule has 0 radical (unpaired) electrons. The van der Waals surface area contributed by atoms with Crippen LogP contribution < -0.4 is 14.8 Å². The molecule has 0 bridgehead atoms. The van der Waals surface area contributed by atoms with E-state index in [-0.39, 0.29) is 5.91 Å². The highest BCUT2D eigenvalue weighted by atomic mass is 16.6. The Morgan fingerprint density at radius 2 is 1.92 bits per heavy atom. The molecule has 0 spiro atoms. The molecule has 0 aromatic heterocycles. The van der Waals surface area contributed by atoms with Gasteiger partial charge in [-0.05, 0) is 31.2 Å². The highest BCUT2D eigenvalue weighted by molar-refractivity contribution is 6.07. The van der Waals surface area contributed by atoms with Crippen molar-refractivity contribution < 1.29 is 19.1 Å². The number of oxime groups is 1. The molecule has 1 aliphatic heterocycles. The van der Waals surface area contributed by atoms with Crippen LogP contribution in [0, 0.1) is 0 Å². The number of carbonyl (C=O) groups excluding carboxylic acids is 1. The topological polar surface area (TPSA) is 69.2 Å². The molecule has 1 atom stereocenters. The largest absolute Gasteiger partial charge is 0.496 e. The Balaban J connectivity index is 1.68. The number of anilines is 1. The molecule has 2 aromatic rings. The molecule has 0 unspecified atom stereocenters. The second-order valence-corrected chi connectivity index (χ2v) is 5.45. The van der Waals surface area contributed by atoms with Crippen molar-refractivity contribution in [2.45, 2.75) is 19.4 Å². The van der Waals surface area contributed by atoms with Crippen molar-refractivity contribution in [2.24, 2.45) is 5.16 Å². The van der Waals surface area contributed by atoms with Crippen LogP contribution >= 0.6 is 0 Å². The number of hydrogen-bond donors (Lipinski definition) is 1. The summed E-state index contributed by atoms with van der Waals surface area (Å²) in [5, 5.41) is 6.91. The van der Waals surface area contributed by atoms with Crippen molar-refractivity contribution in [3.63, 3.8) is 0 Å². The summed E-state index contributed by atoms with van der Waals surface area (Å²) < 4.78 is 10.9. The zero-order valence-corrected chi connectivity index (χ0v) is 14.2.